The van der Waals surface area contributed by atoms with E-state index in [1.165, 1.54) is 11.1 Å². The quantitative estimate of drug-likeness (QED) is 0.637. The minimum atomic E-state index is -1.83. The Bertz CT molecular complexity index is 553. The Morgan fingerprint density at radius 2 is 1.24 bits per heavy atom. The van der Waals surface area contributed by atoms with E-state index < -0.39 is 27.8 Å². The van der Waals surface area contributed by atoms with Gasteiger partial charge in [-0.15, -0.1) is 0 Å². The average Bonchev–Trinajstić information content (AvgIpc) is 2.52. The van der Waals surface area contributed by atoms with Gasteiger partial charge in [0.15, 0.2) is 0 Å². The van der Waals surface area contributed by atoms with Crippen LogP contribution in [0.25, 0.3) is 0 Å². The van der Waals surface area contributed by atoms with E-state index in [-0.39, 0.29) is 4.66 Å². The van der Waals surface area contributed by atoms with Gasteiger partial charge >= 0.3 is 8.25 Å². The average molecular weight is 333 g/mol. The molecule has 3 rings (SSSR count). The molecule has 6 heteroatoms. The molecule has 0 spiro atoms. The monoisotopic (exact) mass is 333 g/mol. The van der Waals surface area contributed by atoms with E-state index in [9.17, 15) is 4.57 Å². The highest BCUT2D eigenvalue weighted by atomic mass is 31.1. The van der Waals surface area contributed by atoms with Crippen molar-refractivity contribution in [2.24, 2.45) is 0 Å². The summed E-state index contributed by atoms with van der Waals surface area (Å²) in [5, 5.41) is 0. The molecular weight excluding hydrogens is 315 g/mol. The molecular formula is C15H18O3PSi2+. The SMILES string of the molecule is O=[P+]1O[SiH2]C(Cc2ccccc2)(Cc2ccccc2)[SiH2]O1. The van der Waals surface area contributed by atoms with Crippen LogP contribution in [0, 0.1) is 0 Å². The van der Waals surface area contributed by atoms with E-state index in [0.29, 0.717) is 0 Å². The van der Waals surface area contributed by atoms with Crippen LogP contribution in [-0.2, 0) is 25.8 Å². The van der Waals surface area contributed by atoms with E-state index in [1.54, 1.807) is 0 Å². The highest BCUT2D eigenvalue weighted by Crippen LogP contribution is 2.43. The molecule has 0 atom stereocenters. The zero-order valence-electron chi connectivity index (χ0n) is 11.8. The molecule has 1 aliphatic heterocycles. The molecule has 0 aliphatic carbocycles. The summed E-state index contributed by atoms with van der Waals surface area (Å²) >= 11 is 0. The molecule has 0 saturated carbocycles. The van der Waals surface area contributed by atoms with Crippen molar-refractivity contribution in [1.29, 1.82) is 0 Å². The molecule has 0 N–H and O–H groups in total. The molecule has 2 aromatic rings. The molecule has 2 aromatic carbocycles. The lowest BCUT2D eigenvalue weighted by Crippen LogP contribution is -2.36. The van der Waals surface area contributed by atoms with Crippen LogP contribution < -0.4 is 0 Å². The predicted molar refractivity (Wildman–Crippen MR) is 89.8 cm³/mol. The van der Waals surface area contributed by atoms with Crippen molar-refractivity contribution in [2.75, 3.05) is 0 Å². The summed E-state index contributed by atoms with van der Waals surface area (Å²) in [4.78, 5) is 0. The maximum atomic E-state index is 11.4. The topological polar surface area (TPSA) is 35.5 Å². The molecule has 1 aliphatic rings. The third kappa shape index (κ3) is 3.96. The Morgan fingerprint density at radius 3 is 1.67 bits per heavy atom. The molecule has 0 bridgehead atoms. The normalized spacial score (nSPS) is 21.6. The van der Waals surface area contributed by atoms with Crippen LogP contribution in [0.4, 0.5) is 0 Å². The summed E-state index contributed by atoms with van der Waals surface area (Å²) in [6.07, 6.45) is 1.95. The van der Waals surface area contributed by atoms with Crippen molar-refractivity contribution in [3.05, 3.63) is 71.8 Å². The van der Waals surface area contributed by atoms with Crippen molar-refractivity contribution < 1.29 is 13.0 Å². The van der Waals surface area contributed by atoms with Crippen LogP contribution in [0.2, 0.25) is 4.66 Å². The van der Waals surface area contributed by atoms with Crippen molar-refractivity contribution in [1.82, 2.24) is 0 Å². The van der Waals surface area contributed by atoms with Gasteiger partial charge in [-0.3, -0.25) is 0 Å². The molecule has 108 valence electrons. The first-order valence-electron chi connectivity index (χ1n) is 7.07. The molecule has 0 radical (unpaired) electrons. The number of hydrogen-bond donors (Lipinski definition) is 0. The lowest BCUT2D eigenvalue weighted by Gasteiger charge is -2.30. The Balaban J connectivity index is 1.82. The van der Waals surface area contributed by atoms with Crippen LogP contribution in [0.3, 0.4) is 0 Å². The third-order valence-electron chi connectivity index (χ3n) is 3.80. The summed E-state index contributed by atoms with van der Waals surface area (Å²) in [7, 11) is -3.56. The third-order valence-corrected chi connectivity index (χ3v) is 9.97. The maximum Gasteiger partial charge on any atom is 0.671 e. The van der Waals surface area contributed by atoms with E-state index in [4.69, 9.17) is 8.43 Å². The molecule has 3 nitrogen and oxygen atoms in total. The fourth-order valence-corrected chi connectivity index (χ4v) is 10.3. The lowest BCUT2D eigenvalue weighted by molar-refractivity contribution is 0.394. The van der Waals surface area contributed by atoms with Gasteiger partial charge in [0, 0.05) is 9.23 Å². The van der Waals surface area contributed by atoms with Gasteiger partial charge < -0.3 is 0 Å². The van der Waals surface area contributed by atoms with Crippen LogP contribution in [-0.4, -0.2) is 19.5 Å². The first-order chi connectivity index (χ1) is 10.3. The Kier molecular flexibility index (Phi) is 4.78. The molecule has 1 fully saturated rings. The Labute approximate surface area is 130 Å². The van der Waals surface area contributed by atoms with E-state index in [1.807, 2.05) is 12.1 Å². The molecule has 1 saturated heterocycles. The highest BCUT2D eigenvalue weighted by molar-refractivity contribution is 7.37. The number of hydrogen-bond acceptors (Lipinski definition) is 3. The van der Waals surface area contributed by atoms with E-state index >= 15 is 0 Å². The first kappa shape index (κ1) is 14.8. The second-order valence-electron chi connectivity index (χ2n) is 5.60. The van der Waals surface area contributed by atoms with Crippen LogP contribution >= 0.6 is 8.25 Å². The summed E-state index contributed by atoms with van der Waals surface area (Å²) in [5.74, 6) is 0. The molecule has 1 heterocycles. The van der Waals surface area contributed by atoms with E-state index in [2.05, 4.69) is 48.5 Å². The number of benzene rings is 2. The van der Waals surface area contributed by atoms with Crippen LogP contribution in [0.1, 0.15) is 11.1 Å². The lowest BCUT2D eigenvalue weighted by atomic mass is 10.0. The second kappa shape index (κ2) is 6.77. The molecule has 0 amide bonds. The zero-order chi connectivity index (χ0) is 14.5. The summed E-state index contributed by atoms with van der Waals surface area (Å²) in [5.41, 5.74) is 2.63. The maximum absolute atomic E-state index is 11.4. The van der Waals surface area contributed by atoms with Gasteiger partial charge in [-0.05, 0) is 24.0 Å². The van der Waals surface area contributed by atoms with Gasteiger partial charge in [-0.25, -0.2) is 0 Å². The van der Waals surface area contributed by atoms with Crippen molar-refractivity contribution >= 4 is 27.8 Å². The van der Waals surface area contributed by atoms with Gasteiger partial charge in [0.2, 0.25) is 19.5 Å². The van der Waals surface area contributed by atoms with Crippen molar-refractivity contribution in [3.8, 4) is 0 Å². The predicted octanol–water partition coefficient (Wildman–Crippen LogP) is 2.46. The van der Waals surface area contributed by atoms with Crippen molar-refractivity contribution in [3.63, 3.8) is 0 Å². The summed E-state index contributed by atoms with van der Waals surface area (Å²) in [6, 6.07) is 21.0. The van der Waals surface area contributed by atoms with Gasteiger partial charge in [-0.2, -0.15) is 8.43 Å². The van der Waals surface area contributed by atoms with Gasteiger partial charge in [0.25, 0.3) is 0 Å². The fourth-order valence-electron chi connectivity index (χ4n) is 2.78. The molecule has 0 unspecified atom stereocenters. The number of rotatable bonds is 4. The molecule has 0 aromatic heterocycles. The fraction of sp³-hybridized carbons (Fsp3) is 0.200. The Morgan fingerprint density at radius 1 is 0.810 bits per heavy atom. The molecule has 21 heavy (non-hydrogen) atoms. The zero-order valence-corrected chi connectivity index (χ0v) is 15.5. The minimum Gasteiger partial charge on any atom is -0.184 e. The Hall–Kier alpha value is -1.11. The van der Waals surface area contributed by atoms with Crippen LogP contribution in [0.5, 0.6) is 0 Å². The largest absolute Gasteiger partial charge is 0.671 e. The highest BCUT2D eigenvalue weighted by Gasteiger charge is 2.45. The van der Waals surface area contributed by atoms with E-state index in [0.717, 1.165) is 12.8 Å². The standard InChI is InChI=1S/C15H18O3PSi2/c16-19-17-20-15(21-18-19,11-13-7-3-1-4-8-13)12-14-9-5-2-6-10-14/h1-10H,11-12,20-21H2/q+1. The smallest absolute Gasteiger partial charge is 0.184 e. The summed E-state index contributed by atoms with van der Waals surface area (Å²) < 4.78 is 22.5. The minimum absolute atomic E-state index is 0.117. The van der Waals surface area contributed by atoms with Gasteiger partial charge in [0.05, 0.1) is 0 Å². The summed E-state index contributed by atoms with van der Waals surface area (Å²) in [6.45, 7) is 0. The van der Waals surface area contributed by atoms with Crippen LogP contribution in [0.15, 0.2) is 60.7 Å². The first-order valence-corrected chi connectivity index (χ1v) is 10.7. The van der Waals surface area contributed by atoms with Gasteiger partial charge in [-0.1, -0.05) is 60.7 Å². The second-order valence-corrected chi connectivity index (χ2v) is 12.7. The van der Waals surface area contributed by atoms with Gasteiger partial charge in [0.1, 0.15) is 0 Å². The van der Waals surface area contributed by atoms with Crippen molar-refractivity contribution in [2.45, 2.75) is 17.5 Å².